The second-order valence-electron chi connectivity index (χ2n) is 5.44. The first-order valence-electron chi connectivity index (χ1n) is 7.71. The summed E-state index contributed by atoms with van der Waals surface area (Å²) in [6.45, 7) is 1.39. The Kier molecular flexibility index (Phi) is 6.10. The number of hydrogen-bond donors (Lipinski definition) is 0. The fraction of sp³-hybridized carbons (Fsp3) is 0.278. The summed E-state index contributed by atoms with van der Waals surface area (Å²) in [7, 11) is 0.142. The zero-order chi connectivity index (χ0) is 19.3. The van der Waals surface area contributed by atoms with Crippen LogP contribution < -0.4 is 13.8 Å². The Morgan fingerprint density at radius 2 is 1.58 bits per heavy atom. The number of esters is 1. The number of nitrogens with zero attached hydrogens (tertiary/aromatic N) is 1. The maximum absolute atomic E-state index is 13.1. The highest BCUT2D eigenvalue weighted by Crippen LogP contribution is 2.33. The normalized spacial score (nSPS) is 10.9. The van der Waals surface area contributed by atoms with E-state index in [1.165, 1.54) is 45.6 Å². The van der Waals surface area contributed by atoms with Crippen LogP contribution in [0.15, 0.2) is 47.4 Å². The average Bonchev–Trinajstić information content (AvgIpc) is 2.65. The molecule has 0 aromatic heterocycles. The molecular formula is C18H21NO6S. The Bertz CT molecular complexity index is 877. The van der Waals surface area contributed by atoms with E-state index in [9.17, 15) is 13.2 Å². The molecule has 2 rings (SSSR count). The summed E-state index contributed by atoms with van der Waals surface area (Å²) in [6.07, 6.45) is 0. The van der Waals surface area contributed by atoms with Gasteiger partial charge in [0.05, 0.1) is 31.9 Å². The molecule has 0 aliphatic heterocycles. The standard InChI is InChI=1S/C18H21NO6S/c1-13-5-8-15(9-6-13)26(21,22)19(12-18(20)25-4)14-7-10-16(23-2)17(11-14)24-3/h5-11H,12H2,1-4H3. The molecule has 0 bridgehead atoms. The molecule has 0 saturated heterocycles. The van der Waals surface area contributed by atoms with E-state index in [-0.39, 0.29) is 10.6 Å². The lowest BCUT2D eigenvalue weighted by molar-refractivity contribution is -0.138. The lowest BCUT2D eigenvalue weighted by Gasteiger charge is -2.24. The average molecular weight is 379 g/mol. The molecule has 0 radical (unpaired) electrons. The topological polar surface area (TPSA) is 82.1 Å². The summed E-state index contributed by atoms with van der Waals surface area (Å²) < 4.78 is 42.2. The smallest absolute Gasteiger partial charge is 0.326 e. The van der Waals surface area contributed by atoms with Gasteiger partial charge in [-0.15, -0.1) is 0 Å². The van der Waals surface area contributed by atoms with Gasteiger partial charge in [-0.05, 0) is 31.2 Å². The molecule has 0 unspecified atom stereocenters. The van der Waals surface area contributed by atoms with E-state index >= 15 is 0 Å². The molecular weight excluding hydrogens is 358 g/mol. The van der Waals surface area contributed by atoms with Crippen LogP contribution in [-0.2, 0) is 19.6 Å². The molecule has 0 saturated carbocycles. The number of aryl methyl sites for hydroxylation is 1. The van der Waals surface area contributed by atoms with E-state index in [1.54, 1.807) is 18.2 Å². The van der Waals surface area contributed by atoms with Crippen LogP contribution in [0.1, 0.15) is 5.56 Å². The highest BCUT2D eigenvalue weighted by Gasteiger charge is 2.28. The second-order valence-corrected chi connectivity index (χ2v) is 7.30. The number of ether oxygens (including phenoxy) is 3. The van der Waals surface area contributed by atoms with Crippen LogP contribution in [-0.4, -0.2) is 42.3 Å². The number of carbonyl (C=O) groups excluding carboxylic acids is 1. The minimum atomic E-state index is -3.98. The number of hydrogen-bond acceptors (Lipinski definition) is 6. The lowest BCUT2D eigenvalue weighted by Crippen LogP contribution is -2.36. The van der Waals surface area contributed by atoms with Gasteiger partial charge < -0.3 is 14.2 Å². The number of anilines is 1. The number of carbonyl (C=O) groups is 1. The zero-order valence-corrected chi connectivity index (χ0v) is 15.9. The lowest BCUT2D eigenvalue weighted by atomic mass is 10.2. The molecule has 0 amide bonds. The third-order valence-electron chi connectivity index (χ3n) is 3.76. The summed E-state index contributed by atoms with van der Waals surface area (Å²) in [5.41, 5.74) is 1.18. The van der Waals surface area contributed by atoms with Crippen molar-refractivity contribution in [2.75, 3.05) is 32.2 Å². The van der Waals surface area contributed by atoms with Crippen molar-refractivity contribution < 1.29 is 27.4 Å². The molecule has 0 fully saturated rings. The van der Waals surface area contributed by atoms with E-state index in [0.29, 0.717) is 11.5 Å². The summed E-state index contributed by atoms with van der Waals surface area (Å²) in [5, 5.41) is 0. The third-order valence-corrected chi connectivity index (χ3v) is 5.55. The van der Waals surface area contributed by atoms with Crippen LogP contribution in [0.3, 0.4) is 0 Å². The minimum Gasteiger partial charge on any atom is -0.493 e. The van der Waals surface area contributed by atoms with Gasteiger partial charge in [-0.1, -0.05) is 17.7 Å². The van der Waals surface area contributed by atoms with Crippen LogP contribution in [0.5, 0.6) is 11.5 Å². The van der Waals surface area contributed by atoms with Gasteiger partial charge >= 0.3 is 5.97 Å². The van der Waals surface area contributed by atoms with Gasteiger partial charge in [0.2, 0.25) is 0 Å². The van der Waals surface area contributed by atoms with Crippen molar-refractivity contribution in [1.82, 2.24) is 0 Å². The van der Waals surface area contributed by atoms with E-state index in [2.05, 4.69) is 4.74 Å². The van der Waals surface area contributed by atoms with Crippen molar-refractivity contribution in [2.45, 2.75) is 11.8 Å². The first-order valence-corrected chi connectivity index (χ1v) is 9.15. The van der Waals surface area contributed by atoms with Gasteiger partial charge in [-0.25, -0.2) is 8.42 Å². The van der Waals surface area contributed by atoms with E-state index in [4.69, 9.17) is 9.47 Å². The van der Waals surface area contributed by atoms with Gasteiger partial charge in [0.1, 0.15) is 6.54 Å². The molecule has 2 aromatic carbocycles. The maximum atomic E-state index is 13.1. The summed E-state index contributed by atoms with van der Waals surface area (Å²) in [6, 6.07) is 11.0. The van der Waals surface area contributed by atoms with Crippen molar-refractivity contribution >= 4 is 21.7 Å². The molecule has 26 heavy (non-hydrogen) atoms. The number of benzene rings is 2. The Balaban J connectivity index is 2.56. The van der Waals surface area contributed by atoms with Gasteiger partial charge in [0.25, 0.3) is 10.0 Å². The SMILES string of the molecule is COC(=O)CN(c1ccc(OC)c(OC)c1)S(=O)(=O)c1ccc(C)cc1. The Hall–Kier alpha value is -2.74. The Morgan fingerprint density at radius 3 is 2.12 bits per heavy atom. The molecule has 0 N–H and O–H groups in total. The van der Waals surface area contributed by atoms with Crippen LogP contribution >= 0.6 is 0 Å². The number of rotatable bonds is 7. The van der Waals surface area contributed by atoms with E-state index in [1.807, 2.05) is 6.92 Å². The second kappa shape index (κ2) is 8.09. The monoisotopic (exact) mass is 379 g/mol. The summed E-state index contributed by atoms with van der Waals surface area (Å²) in [5.74, 6) is 0.108. The van der Waals surface area contributed by atoms with Crippen molar-refractivity contribution in [3.05, 3.63) is 48.0 Å². The quantitative estimate of drug-likeness (QED) is 0.687. The molecule has 0 spiro atoms. The molecule has 8 heteroatoms. The van der Waals surface area contributed by atoms with Crippen molar-refractivity contribution in [1.29, 1.82) is 0 Å². The predicted molar refractivity (Wildman–Crippen MR) is 97.3 cm³/mol. The Labute approximate surface area is 153 Å². The molecule has 140 valence electrons. The zero-order valence-electron chi connectivity index (χ0n) is 15.1. The third kappa shape index (κ3) is 4.08. The molecule has 0 aliphatic carbocycles. The van der Waals surface area contributed by atoms with Gasteiger partial charge in [0, 0.05) is 6.07 Å². The number of methoxy groups -OCH3 is 3. The molecule has 0 atom stereocenters. The minimum absolute atomic E-state index is 0.0711. The predicted octanol–water partition coefficient (Wildman–Crippen LogP) is 2.38. The first-order chi connectivity index (χ1) is 12.3. The fourth-order valence-electron chi connectivity index (χ4n) is 2.31. The molecule has 0 aliphatic rings. The molecule has 0 heterocycles. The van der Waals surface area contributed by atoms with Crippen LogP contribution in [0, 0.1) is 6.92 Å². The van der Waals surface area contributed by atoms with Crippen LogP contribution in [0.25, 0.3) is 0 Å². The van der Waals surface area contributed by atoms with E-state index < -0.39 is 22.5 Å². The first kappa shape index (κ1) is 19.6. The van der Waals surface area contributed by atoms with Crippen molar-refractivity contribution in [3.63, 3.8) is 0 Å². The van der Waals surface area contributed by atoms with Gasteiger partial charge in [-0.3, -0.25) is 9.10 Å². The van der Waals surface area contributed by atoms with Crippen LogP contribution in [0.2, 0.25) is 0 Å². The Morgan fingerprint density at radius 1 is 0.962 bits per heavy atom. The maximum Gasteiger partial charge on any atom is 0.326 e. The molecule has 7 nitrogen and oxygen atoms in total. The highest BCUT2D eigenvalue weighted by molar-refractivity contribution is 7.92. The van der Waals surface area contributed by atoms with Crippen molar-refractivity contribution in [3.8, 4) is 11.5 Å². The van der Waals surface area contributed by atoms with Gasteiger partial charge in [-0.2, -0.15) is 0 Å². The molecule has 2 aromatic rings. The largest absolute Gasteiger partial charge is 0.493 e. The number of sulfonamides is 1. The summed E-state index contributed by atoms with van der Waals surface area (Å²) >= 11 is 0. The van der Waals surface area contributed by atoms with Gasteiger partial charge in [0.15, 0.2) is 11.5 Å². The van der Waals surface area contributed by atoms with Crippen LogP contribution in [0.4, 0.5) is 5.69 Å². The van der Waals surface area contributed by atoms with E-state index in [0.717, 1.165) is 9.87 Å². The highest BCUT2D eigenvalue weighted by atomic mass is 32.2. The fourth-order valence-corrected chi connectivity index (χ4v) is 3.72. The summed E-state index contributed by atoms with van der Waals surface area (Å²) in [4.78, 5) is 11.9. The van der Waals surface area contributed by atoms with Crippen molar-refractivity contribution in [2.24, 2.45) is 0 Å².